The van der Waals surface area contributed by atoms with E-state index in [0.29, 0.717) is 0 Å². The van der Waals surface area contributed by atoms with E-state index in [9.17, 15) is 4.79 Å². The number of amides is 1. The maximum absolute atomic E-state index is 12.7. The summed E-state index contributed by atoms with van der Waals surface area (Å²) in [5.74, 6) is -0.0200. The van der Waals surface area contributed by atoms with Gasteiger partial charge < -0.3 is 10.6 Å². The van der Waals surface area contributed by atoms with Gasteiger partial charge in [0.15, 0.2) is 0 Å². The van der Waals surface area contributed by atoms with Gasteiger partial charge in [0, 0.05) is 5.69 Å². The van der Waals surface area contributed by atoms with Crippen molar-refractivity contribution >= 4 is 11.6 Å². The molecule has 3 heteroatoms. The van der Waals surface area contributed by atoms with Crippen molar-refractivity contribution in [2.75, 3.05) is 11.9 Å². The smallest absolute Gasteiger partial charge is 0.246 e. The molecule has 3 nitrogen and oxygen atoms in total. The minimum absolute atomic E-state index is 0.0200. The van der Waals surface area contributed by atoms with Gasteiger partial charge in [-0.1, -0.05) is 49.4 Å². The van der Waals surface area contributed by atoms with Crippen molar-refractivity contribution in [1.82, 2.24) is 5.32 Å². The molecule has 0 unspecified atom stereocenters. The summed E-state index contributed by atoms with van der Waals surface area (Å²) in [5.41, 5.74) is 4.07. The minimum atomic E-state index is -0.332. The SMILES string of the molecule is CCCN[C@@H](C(=O)Nc1cc(C)ccc1C)c1ccccc1. The molecule has 0 saturated carbocycles. The number of nitrogens with one attached hydrogen (secondary N) is 2. The molecule has 0 saturated heterocycles. The Kier molecular flexibility index (Phi) is 5.73. The Bertz CT molecular complexity index is 623. The second-order valence-corrected chi connectivity index (χ2v) is 5.61. The van der Waals surface area contributed by atoms with Gasteiger partial charge in [-0.3, -0.25) is 4.79 Å². The number of hydrogen-bond donors (Lipinski definition) is 2. The highest BCUT2D eigenvalue weighted by atomic mass is 16.2. The van der Waals surface area contributed by atoms with Crippen molar-refractivity contribution in [2.45, 2.75) is 33.2 Å². The number of rotatable bonds is 6. The van der Waals surface area contributed by atoms with Crippen LogP contribution in [0.4, 0.5) is 5.69 Å². The predicted molar refractivity (Wildman–Crippen MR) is 92.0 cm³/mol. The highest BCUT2D eigenvalue weighted by Crippen LogP contribution is 2.20. The van der Waals surface area contributed by atoms with Crippen molar-refractivity contribution < 1.29 is 4.79 Å². The lowest BCUT2D eigenvalue weighted by Crippen LogP contribution is -2.33. The van der Waals surface area contributed by atoms with E-state index in [1.807, 2.05) is 56.3 Å². The topological polar surface area (TPSA) is 41.1 Å². The fourth-order valence-corrected chi connectivity index (χ4v) is 2.37. The van der Waals surface area contributed by atoms with Crippen LogP contribution in [0.3, 0.4) is 0 Å². The number of benzene rings is 2. The molecule has 0 spiro atoms. The quantitative estimate of drug-likeness (QED) is 0.846. The van der Waals surface area contributed by atoms with Gasteiger partial charge in [-0.15, -0.1) is 0 Å². The Hall–Kier alpha value is -2.13. The molecule has 2 N–H and O–H groups in total. The molecule has 22 heavy (non-hydrogen) atoms. The second-order valence-electron chi connectivity index (χ2n) is 5.61. The van der Waals surface area contributed by atoms with Crippen molar-refractivity contribution in [1.29, 1.82) is 0 Å². The molecule has 0 aliphatic carbocycles. The monoisotopic (exact) mass is 296 g/mol. The Morgan fingerprint density at radius 2 is 1.82 bits per heavy atom. The third-order valence-corrected chi connectivity index (χ3v) is 3.64. The van der Waals surface area contributed by atoms with Crippen LogP contribution in [0, 0.1) is 13.8 Å². The second kappa shape index (κ2) is 7.76. The largest absolute Gasteiger partial charge is 0.324 e. The molecule has 0 aromatic heterocycles. The number of hydrogen-bond acceptors (Lipinski definition) is 2. The van der Waals surface area contributed by atoms with Gasteiger partial charge in [-0.25, -0.2) is 0 Å². The first-order valence-corrected chi connectivity index (χ1v) is 7.78. The maximum Gasteiger partial charge on any atom is 0.246 e. The van der Waals surface area contributed by atoms with Gasteiger partial charge >= 0.3 is 0 Å². The third-order valence-electron chi connectivity index (χ3n) is 3.64. The van der Waals surface area contributed by atoms with E-state index in [4.69, 9.17) is 0 Å². The van der Waals surface area contributed by atoms with Crippen LogP contribution >= 0.6 is 0 Å². The molecular weight excluding hydrogens is 272 g/mol. The van der Waals surface area contributed by atoms with Crippen molar-refractivity contribution in [3.63, 3.8) is 0 Å². The maximum atomic E-state index is 12.7. The number of aryl methyl sites for hydroxylation is 2. The summed E-state index contributed by atoms with van der Waals surface area (Å²) in [7, 11) is 0. The molecule has 2 aromatic rings. The molecular formula is C19H24N2O. The van der Waals surface area contributed by atoms with E-state index in [0.717, 1.165) is 35.3 Å². The summed E-state index contributed by atoms with van der Waals surface area (Å²) in [6.07, 6.45) is 0.986. The minimum Gasteiger partial charge on any atom is -0.324 e. The first-order chi connectivity index (χ1) is 10.6. The van der Waals surface area contributed by atoms with Crippen LogP contribution in [0.1, 0.15) is 36.1 Å². The number of carbonyl (C=O) groups excluding carboxylic acids is 1. The van der Waals surface area contributed by atoms with E-state index in [-0.39, 0.29) is 11.9 Å². The summed E-state index contributed by atoms with van der Waals surface area (Å²) in [6.45, 7) is 6.93. The van der Waals surface area contributed by atoms with E-state index in [1.165, 1.54) is 0 Å². The van der Waals surface area contributed by atoms with E-state index in [1.54, 1.807) is 0 Å². The van der Waals surface area contributed by atoms with E-state index < -0.39 is 0 Å². The van der Waals surface area contributed by atoms with Crippen molar-refractivity contribution in [3.05, 3.63) is 65.2 Å². The molecule has 0 aliphatic heterocycles. The highest BCUT2D eigenvalue weighted by Gasteiger charge is 2.20. The average molecular weight is 296 g/mol. The van der Waals surface area contributed by atoms with Crippen LogP contribution in [-0.4, -0.2) is 12.5 Å². The Morgan fingerprint density at radius 1 is 1.09 bits per heavy atom. The summed E-state index contributed by atoms with van der Waals surface area (Å²) in [5, 5.41) is 6.38. The zero-order chi connectivity index (χ0) is 15.9. The van der Waals surface area contributed by atoms with Crippen molar-refractivity contribution in [3.8, 4) is 0 Å². The molecule has 0 radical (unpaired) electrons. The Labute approximate surface area is 132 Å². The molecule has 2 aromatic carbocycles. The summed E-state index contributed by atoms with van der Waals surface area (Å²) < 4.78 is 0. The van der Waals surface area contributed by atoms with Crippen LogP contribution in [0.2, 0.25) is 0 Å². The molecule has 116 valence electrons. The third kappa shape index (κ3) is 4.18. The molecule has 2 rings (SSSR count). The lowest BCUT2D eigenvalue weighted by atomic mass is 10.1. The molecule has 0 aliphatic rings. The van der Waals surface area contributed by atoms with Gasteiger partial charge in [0.1, 0.15) is 6.04 Å². The van der Waals surface area contributed by atoms with Gasteiger partial charge in [-0.2, -0.15) is 0 Å². The fourth-order valence-electron chi connectivity index (χ4n) is 2.37. The van der Waals surface area contributed by atoms with Crippen molar-refractivity contribution in [2.24, 2.45) is 0 Å². The van der Waals surface area contributed by atoms with Gasteiger partial charge in [-0.05, 0) is 49.6 Å². The van der Waals surface area contributed by atoms with Gasteiger partial charge in [0.25, 0.3) is 0 Å². The lowest BCUT2D eigenvalue weighted by molar-refractivity contribution is -0.118. The van der Waals surface area contributed by atoms with Gasteiger partial charge in [0.05, 0.1) is 0 Å². The van der Waals surface area contributed by atoms with Gasteiger partial charge in [0.2, 0.25) is 5.91 Å². The number of anilines is 1. The Balaban J connectivity index is 2.20. The van der Waals surface area contributed by atoms with Crippen LogP contribution in [0.25, 0.3) is 0 Å². The van der Waals surface area contributed by atoms with E-state index in [2.05, 4.69) is 23.6 Å². The normalized spacial score (nSPS) is 12.0. The highest BCUT2D eigenvalue weighted by molar-refractivity contribution is 5.96. The molecule has 0 heterocycles. The van der Waals surface area contributed by atoms with Crippen LogP contribution < -0.4 is 10.6 Å². The average Bonchev–Trinajstić information content (AvgIpc) is 2.52. The molecule has 0 fully saturated rings. The zero-order valence-electron chi connectivity index (χ0n) is 13.5. The van der Waals surface area contributed by atoms with Crippen LogP contribution in [0.15, 0.2) is 48.5 Å². The fraction of sp³-hybridized carbons (Fsp3) is 0.316. The summed E-state index contributed by atoms with van der Waals surface area (Å²) in [6, 6.07) is 15.6. The molecule has 0 bridgehead atoms. The summed E-state index contributed by atoms with van der Waals surface area (Å²) in [4.78, 5) is 12.7. The Morgan fingerprint density at radius 3 is 2.50 bits per heavy atom. The number of carbonyl (C=O) groups is 1. The molecule has 1 amide bonds. The van der Waals surface area contributed by atoms with Crippen LogP contribution in [0.5, 0.6) is 0 Å². The predicted octanol–water partition coefficient (Wildman–Crippen LogP) is 3.98. The molecule has 1 atom stereocenters. The standard InChI is InChI=1S/C19H24N2O/c1-4-12-20-18(16-8-6-5-7-9-16)19(22)21-17-13-14(2)10-11-15(17)3/h5-11,13,18,20H,4,12H2,1-3H3,(H,21,22)/t18-/m1/s1. The first-order valence-electron chi connectivity index (χ1n) is 7.78. The van der Waals surface area contributed by atoms with E-state index >= 15 is 0 Å². The zero-order valence-corrected chi connectivity index (χ0v) is 13.5. The lowest BCUT2D eigenvalue weighted by Gasteiger charge is -2.19. The van der Waals surface area contributed by atoms with Crippen LogP contribution in [-0.2, 0) is 4.79 Å². The first kappa shape index (κ1) is 16.2. The summed E-state index contributed by atoms with van der Waals surface area (Å²) >= 11 is 0.